The molecule has 24 heavy (non-hydrogen) atoms. The molecular weight excluding hydrogens is 308 g/mol. The van der Waals surface area contributed by atoms with Crippen LogP contribution in [0.4, 0.5) is 0 Å². The summed E-state index contributed by atoms with van der Waals surface area (Å²) in [4.78, 5) is 15.1. The molecule has 1 aromatic rings. The number of rotatable bonds is 7. The van der Waals surface area contributed by atoms with Crippen molar-refractivity contribution in [3.63, 3.8) is 0 Å². The Morgan fingerprint density at radius 1 is 1.46 bits per heavy atom. The summed E-state index contributed by atoms with van der Waals surface area (Å²) in [7, 11) is 0. The molecule has 0 radical (unpaired) electrons. The van der Waals surface area contributed by atoms with Gasteiger partial charge in [0.05, 0.1) is 18.6 Å². The Morgan fingerprint density at radius 3 is 2.96 bits per heavy atom. The minimum Gasteiger partial charge on any atom is -0.382 e. The fourth-order valence-electron chi connectivity index (χ4n) is 3.67. The first-order valence-electron chi connectivity index (χ1n) is 9.06. The van der Waals surface area contributed by atoms with E-state index < -0.39 is 0 Å². The zero-order chi connectivity index (χ0) is 17.0. The number of hydrogen-bond donors (Lipinski definition) is 0. The largest absolute Gasteiger partial charge is 0.382 e. The van der Waals surface area contributed by atoms with E-state index >= 15 is 0 Å². The zero-order valence-corrected chi connectivity index (χ0v) is 14.7. The van der Waals surface area contributed by atoms with Crippen LogP contribution in [0.5, 0.6) is 0 Å². The van der Waals surface area contributed by atoms with E-state index in [1.807, 2.05) is 16.4 Å². The van der Waals surface area contributed by atoms with Crippen LogP contribution >= 0.6 is 0 Å². The van der Waals surface area contributed by atoms with Gasteiger partial charge in [0.1, 0.15) is 12.4 Å². The van der Waals surface area contributed by atoms with Crippen molar-refractivity contribution in [2.24, 2.45) is 5.41 Å². The summed E-state index contributed by atoms with van der Waals surface area (Å²) >= 11 is 0. The van der Waals surface area contributed by atoms with E-state index in [-0.39, 0.29) is 17.4 Å². The molecule has 134 valence electrons. The van der Waals surface area contributed by atoms with Crippen LogP contribution in [0.1, 0.15) is 51.5 Å². The van der Waals surface area contributed by atoms with Gasteiger partial charge in [-0.25, -0.2) is 0 Å². The summed E-state index contributed by atoms with van der Waals surface area (Å²) < 4.78 is 13.3. The van der Waals surface area contributed by atoms with Crippen LogP contribution in [0.3, 0.4) is 0 Å². The van der Waals surface area contributed by atoms with Crippen molar-refractivity contribution < 1.29 is 14.3 Å². The molecule has 2 heterocycles. The van der Waals surface area contributed by atoms with Gasteiger partial charge in [-0.3, -0.25) is 4.79 Å². The van der Waals surface area contributed by atoms with E-state index in [0.29, 0.717) is 32.9 Å². The van der Waals surface area contributed by atoms with Crippen LogP contribution in [-0.4, -0.2) is 58.5 Å². The lowest BCUT2D eigenvalue weighted by Crippen LogP contribution is -2.52. The van der Waals surface area contributed by atoms with Gasteiger partial charge in [0, 0.05) is 26.3 Å². The van der Waals surface area contributed by atoms with E-state index in [1.165, 1.54) is 0 Å². The van der Waals surface area contributed by atoms with Crippen LogP contribution in [-0.2, 0) is 20.8 Å². The van der Waals surface area contributed by atoms with Gasteiger partial charge in [0.2, 0.25) is 5.91 Å². The average Bonchev–Trinajstić information content (AvgIpc) is 3.05. The van der Waals surface area contributed by atoms with Crippen molar-refractivity contribution in [2.45, 2.75) is 52.2 Å². The van der Waals surface area contributed by atoms with Crippen LogP contribution < -0.4 is 0 Å². The van der Waals surface area contributed by atoms with Crippen LogP contribution in [0, 0.1) is 5.41 Å². The molecule has 2 fully saturated rings. The molecule has 1 aliphatic carbocycles. The minimum absolute atomic E-state index is 0.186. The maximum Gasteiger partial charge on any atom is 0.229 e. The topological polar surface area (TPSA) is 69.5 Å². The van der Waals surface area contributed by atoms with Crippen molar-refractivity contribution >= 4 is 5.91 Å². The normalized spacial score (nSPS) is 23.1. The average molecular weight is 336 g/mol. The lowest BCUT2D eigenvalue weighted by atomic mass is 9.65. The number of aromatic nitrogens is 3. The van der Waals surface area contributed by atoms with Crippen molar-refractivity contribution in [2.75, 3.05) is 32.9 Å². The number of ether oxygens (including phenoxy) is 2. The Morgan fingerprint density at radius 2 is 2.29 bits per heavy atom. The first kappa shape index (κ1) is 17.4. The second kappa shape index (κ2) is 7.61. The second-order valence-electron chi connectivity index (χ2n) is 6.67. The van der Waals surface area contributed by atoms with Crippen LogP contribution in [0.15, 0.2) is 6.33 Å². The Kier molecular flexibility index (Phi) is 5.50. The molecule has 2 aliphatic rings. The van der Waals surface area contributed by atoms with E-state index in [2.05, 4.69) is 17.1 Å². The number of carbonyl (C=O) groups is 1. The smallest absolute Gasteiger partial charge is 0.229 e. The molecule has 1 aliphatic heterocycles. The third-order valence-corrected chi connectivity index (χ3v) is 5.32. The van der Waals surface area contributed by atoms with E-state index in [9.17, 15) is 4.79 Å². The van der Waals surface area contributed by atoms with E-state index in [4.69, 9.17) is 9.47 Å². The summed E-state index contributed by atoms with van der Waals surface area (Å²) in [6.45, 7) is 7.99. The van der Waals surface area contributed by atoms with Gasteiger partial charge in [-0.15, -0.1) is 10.2 Å². The van der Waals surface area contributed by atoms with Gasteiger partial charge in [-0.05, 0) is 33.1 Å². The summed E-state index contributed by atoms with van der Waals surface area (Å²) in [5, 5.41) is 8.17. The summed E-state index contributed by atoms with van der Waals surface area (Å²) in [5.74, 6) is 1.08. The zero-order valence-electron chi connectivity index (χ0n) is 14.7. The van der Waals surface area contributed by atoms with Crippen molar-refractivity contribution in [3.8, 4) is 0 Å². The van der Waals surface area contributed by atoms with Crippen molar-refractivity contribution in [1.29, 1.82) is 0 Å². The molecular formula is C17H28N4O3. The molecule has 0 aromatic carbocycles. The molecule has 0 spiro atoms. The number of carbonyl (C=O) groups excluding carboxylic acids is 1. The molecule has 0 bridgehead atoms. The molecule has 7 heteroatoms. The van der Waals surface area contributed by atoms with Gasteiger partial charge < -0.3 is 18.9 Å². The van der Waals surface area contributed by atoms with Gasteiger partial charge in [-0.2, -0.15) is 0 Å². The van der Waals surface area contributed by atoms with Crippen molar-refractivity contribution in [1.82, 2.24) is 19.7 Å². The molecule has 1 saturated heterocycles. The number of hydrogen-bond acceptors (Lipinski definition) is 5. The number of amides is 1. The highest BCUT2D eigenvalue weighted by Crippen LogP contribution is 2.46. The standard InChI is InChI=1S/C17H28N4O3/c1-3-20-13-18-19-15(20)14-12-21(9-11-24-14)16(22)17(6-5-7-17)8-10-23-4-2/h13-14H,3-12H2,1-2H3/t14-/m1/s1. The minimum atomic E-state index is -0.213. The van der Waals surface area contributed by atoms with Gasteiger partial charge in [0.25, 0.3) is 0 Å². The molecule has 0 N–H and O–H groups in total. The SMILES string of the molecule is CCOCCC1(C(=O)N2CCO[C@@H](c3nncn3CC)C2)CCC1. The summed E-state index contributed by atoms with van der Waals surface area (Å²) in [5.41, 5.74) is -0.213. The molecule has 1 saturated carbocycles. The third-order valence-electron chi connectivity index (χ3n) is 5.32. The maximum absolute atomic E-state index is 13.1. The second-order valence-corrected chi connectivity index (χ2v) is 6.67. The first-order chi connectivity index (χ1) is 11.7. The summed E-state index contributed by atoms with van der Waals surface area (Å²) in [6, 6.07) is 0. The Bertz CT molecular complexity index is 556. The van der Waals surface area contributed by atoms with Crippen LogP contribution in [0.2, 0.25) is 0 Å². The highest BCUT2D eigenvalue weighted by Gasteiger charge is 2.46. The lowest BCUT2D eigenvalue weighted by molar-refractivity contribution is -0.157. The number of aryl methyl sites for hydroxylation is 1. The third kappa shape index (κ3) is 3.32. The lowest BCUT2D eigenvalue weighted by Gasteiger charge is -2.45. The molecule has 3 rings (SSSR count). The van der Waals surface area contributed by atoms with Crippen molar-refractivity contribution in [3.05, 3.63) is 12.2 Å². The Hall–Kier alpha value is -1.47. The first-order valence-corrected chi connectivity index (χ1v) is 9.06. The van der Waals surface area contributed by atoms with E-state index in [0.717, 1.165) is 38.1 Å². The maximum atomic E-state index is 13.1. The fourth-order valence-corrected chi connectivity index (χ4v) is 3.67. The quantitative estimate of drug-likeness (QED) is 0.710. The molecule has 0 unspecified atom stereocenters. The number of morpholine rings is 1. The van der Waals surface area contributed by atoms with Gasteiger partial charge in [-0.1, -0.05) is 6.42 Å². The van der Waals surface area contributed by atoms with Crippen LogP contribution in [0.25, 0.3) is 0 Å². The Labute approximate surface area is 143 Å². The summed E-state index contributed by atoms with van der Waals surface area (Å²) in [6.07, 6.45) is 5.45. The molecule has 1 aromatic heterocycles. The highest BCUT2D eigenvalue weighted by molar-refractivity contribution is 5.83. The Balaban J connectivity index is 1.66. The monoisotopic (exact) mass is 336 g/mol. The predicted octanol–water partition coefficient (Wildman–Crippen LogP) is 1.79. The molecule has 1 atom stereocenters. The molecule has 7 nitrogen and oxygen atoms in total. The van der Waals surface area contributed by atoms with E-state index in [1.54, 1.807) is 6.33 Å². The van der Waals surface area contributed by atoms with Gasteiger partial charge >= 0.3 is 0 Å². The predicted molar refractivity (Wildman–Crippen MR) is 88.4 cm³/mol. The van der Waals surface area contributed by atoms with Gasteiger partial charge in [0.15, 0.2) is 5.82 Å². The molecule has 1 amide bonds. The fraction of sp³-hybridized carbons (Fsp3) is 0.824. The highest BCUT2D eigenvalue weighted by atomic mass is 16.5. The number of nitrogens with zero attached hydrogens (tertiary/aromatic N) is 4.